The first-order valence-electron chi connectivity index (χ1n) is 4.27. The molecule has 0 fully saturated rings. The van der Waals surface area contributed by atoms with Gasteiger partial charge in [0.2, 0.25) is 0 Å². The largest absolute Gasteiger partial charge is 0.493 e. The Bertz CT molecular complexity index is 401. The lowest BCUT2D eigenvalue weighted by molar-refractivity contribution is 0.269. The van der Waals surface area contributed by atoms with Crippen molar-refractivity contribution in [1.29, 1.82) is 0 Å². The highest BCUT2D eigenvalue weighted by Gasteiger charge is 2.20. The molecule has 0 amide bonds. The van der Waals surface area contributed by atoms with Gasteiger partial charge < -0.3 is 4.74 Å². The van der Waals surface area contributed by atoms with Gasteiger partial charge in [-0.3, -0.25) is 0 Å². The van der Waals surface area contributed by atoms with E-state index in [4.69, 9.17) is 10.3 Å². The predicted molar refractivity (Wildman–Crippen MR) is 56.1 cm³/mol. The van der Waals surface area contributed by atoms with Gasteiger partial charge in [0.1, 0.15) is 5.75 Å². The van der Waals surface area contributed by atoms with Gasteiger partial charge in [-0.25, -0.2) is 0 Å². The standard InChI is InChI=1S/C9H8BrN3O/c10-6-1-2-9-7(5-6)8(12-13-11)3-4-14-9/h1-2,5,8H,3-4H2/t8-/m0/s1. The van der Waals surface area contributed by atoms with Gasteiger partial charge in [-0.1, -0.05) is 21.0 Å². The summed E-state index contributed by atoms with van der Waals surface area (Å²) in [4.78, 5) is 2.84. The molecule has 0 bridgehead atoms. The summed E-state index contributed by atoms with van der Waals surface area (Å²) in [6, 6.07) is 5.64. The second-order valence-electron chi connectivity index (χ2n) is 3.04. The van der Waals surface area contributed by atoms with Crippen LogP contribution in [-0.2, 0) is 0 Å². The van der Waals surface area contributed by atoms with Crippen LogP contribution < -0.4 is 4.74 Å². The summed E-state index contributed by atoms with van der Waals surface area (Å²) in [5.74, 6) is 0.817. The van der Waals surface area contributed by atoms with E-state index in [1.165, 1.54) is 0 Å². The molecule has 0 saturated heterocycles. The van der Waals surface area contributed by atoms with E-state index in [0.717, 1.165) is 22.2 Å². The van der Waals surface area contributed by atoms with Crippen LogP contribution in [0, 0.1) is 0 Å². The fourth-order valence-electron chi connectivity index (χ4n) is 1.53. The molecule has 0 aliphatic carbocycles. The number of hydrogen-bond acceptors (Lipinski definition) is 2. The van der Waals surface area contributed by atoms with E-state index >= 15 is 0 Å². The molecule has 0 saturated carbocycles. The molecule has 1 atom stereocenters. The molecule has 0 spiro atoms. The van der Waals surface area contributed by atoms with E-state index in [-0.39, 0.29) is 6.04 Å². The summed E-state index contributed by atoms with van der Waals surface area (Å²) in [6.07, 6.45) is 0.744. The Labute approximate surface area is 89.6 Å². The molecule has 1 aliphatic rings. The first-order valence-corrected chi connectivity index (χ1v) is 5.07. The number of azide groups is 1. The monoisotopic (exact) mass is 253 g/mol. The molecule has 1 aromatic rings. The molecule has 0 radical (unpaired) electrons. The van der Waals surface area contributed by atoms with E-state index in [0.29, 0.717) is 6.61 Å². The highest BCUT2D eigenvalue weighted by Crippen LogP contribution is 2.36. The van der Waals surface area contributed by atoms with Crippen molar-refractivity contribution in [3.63, 3.8) is 0 Å². The van der Waals surface area contributed by atoms with Gasteiger partial charge in [0.15, 0.2) is 0 Å². The SMILES string of the molecule is [N-]=[N+]=N[C@H]1CCOc2ccc(Br)cc21. The van der Waals surface area contributed by atoms with Crippen LogP contribution in [0.15, 0.2) is 27.8 Å². The molecule has 0 N–H and O–H groups in total. The molecule has 1 heterocycles. The van der Waals surface area contributed by atoms with Crippen molar-refractivity contribution in [3.8, 4) is 5.75 Å². The molecule has 4 nitrogen and oxygen atoms in total. The lowest BCUT2D eigenvalue weighted by Gasteiger charge is -2.22. The smallest absolute Gasteiger partial charge is 0.122 e. The fraction of sp³-hybridized carbons (Fsp3) is 0.333. The van der Waals surface area contributed by atoms with Crippen molar-refractivity contribution in [1.82, 2.24) is 0 Å². The summed E-state index contributed by atoms with van der Waals surface area (Å²) >= 11 is 3.38. The van der Waals surface area contributed by atoms with Crippen molar-refractivity contribution < 1.29 is 4.74 Å². The lowest BCUT2D eigenvalue weighted by Crippen LogP contribution is -2.12. The second-order valence-corrected chi connectivity index (χ2v) is 3.96. The van der Waals surface area contributed by atoms with Gasteiger partial charge in [-0.2, -0.15) is 0 Å². The van der Waals surface area contributed by atoms with Crippen molar-refractivity contribution in [2.45, 2.75) is 12.5 Å². The predicted octanol–water partition coefficient (Wildman–Crippen LogP) is 3.58. The van der Waals surface area contributed by atoms with Crippen LogP contribution in [0.4, 0.5) is 0 Å². The van der Waals surface area contributed by atoms with E-state index in [9.17, 15) is 0 Å². The van der Waals surface area contributed by atoms with E-state index in [2.05, 4.69) is 26.0 Å². The van der Waals surface area contributed by atoms with E-state index in [1.807, 2.05) is 18.2 Å². The third kappa shape index (κ3) is 1.69. The van der Waals surface area contributed by atoms with Gasteiger partial charge in [-0.05, 0) is 30.2 Å². The maximum Gasteiger partial charge on any atom is 0.122 e. The number of benzene rings is 1. The number of nitrogens with zero attached hydrogens (tertiary/aromatic N) is 3. The highest BCUT2D eigenvalue weighted by molar-refractivity contribution is 9.10. The van der Waals surface area contributed by atoms with E-state index in [1.54, 1.807) is 0 Å². The topological polar surface area (TPSA) is 58.0 Å². The highest BCUT2D eigenvalue weighted by atomic mass is 79.9. The number of fused-ring (bicyclic) bond motifs is 1. The van der Waals surface area contributed by atoms with Crippen LogP contribution in [0.3, 0.4) is 0 Å². The lowest BCUT2D eigenvalue weighted by atomic mass is 10.0. The van der Waals surface area contributed by atoms with Gasteiger partial charge in [0.05, 0.1) is 12.6 Å². The summed E-state index contributed by atoms with van der Waals surface area (Å²) in [5, 5.41) is 3.75. The maximum atomic E-state index is 8.42. The van der Waals surface area contributed by atoms with Crippen LogP contribution in [0.25, 0.3) is 10.4 Å². The average molecular weight is 254 g/mol. The Balaban J connectivity index is 2.46. The van der Waals surface area contributed by atoms with Crippen molar-refractivity contribution in [3.05, 3.63) is 38.7 Å². The molecule has 14 heavy (non-hydrogen) atoms. The summed E-state index contributed by atoms with van der Waals surface area (Å²) in [6.45, 7) is 0.609. The molecule has 1 aromatic carbocycles. The quantitative estimate of drug-likeness (QED) is 0.429. The van der Waals surface area contributed by atoms with Crippen molar-refractivity contribution in [2.24, 2.45) is 5.11 Å². The van der Waals surface area contributed by atoms with Crippen LogP contribution in [0.2, 0.25) is 0 Å². The zero-order valence-corrected chi connectivity index (χ0v) is 8.94. The van der Waals surface area contributed by atoms with Crippen LogP contribution in [-0.4, -0.2) is 6.61 Å². The Morgan fingerprint density at radius 3 is 3.21 bits per heavy atom. The van der Waals surface area contributed by atoms with Crippen molar-refractivity contribution in [2.75, 3.05) is 6.61 Å². The maximum absolute atomic E-state index is 8.42. The zero-order chi connectivity index (χ0) is 9.97. The molecule has 0 unspecified atom stereocenters. The van der Waals surface area contributed by atoms with E-state index < -0.39 is 0 Å². The number of ether oxygens (including phenoxy) is 1. The number of hydrogen-bond donors (Lipinski definition) is 0. The third-order valence-electron chi connectivity index (χ3n) is 2.17. The summed E-state index contributed by atoms with van der Waals surface area (Å²) in [7, 11) is 0. The Hall–Kier alpha value is -1.19. The van der Waals surface area contributed by atoms with Gasteiger partial charge in [0, 0.05) is 14.9 Å². The minimum Gasteiger partial charge on any atom is -0.493 e. The first-order chi connectivity index (χ1) is 6.81. The zero-order valence-electron chi connectivity index (χ0n) is 7.35. The third-order valence-corrected chi connectivity index (χ3v) is 2.66. The normalized spacial score (nSPS) is 19.1. The van der Waals surface area contributed by atoms with Crippen LogP contribution in [0.1, 0.15) is 18.0 Å². The van der Waals surface area contributed by atoms with Crippen LogP contribution in [0.5, 0.6) is 5.75 Å². The molecular weight excluding hydrogens is 246 g/mol. The van der Waals surface area contributed by atoms with Gasteiger partial charge in [0.25, 0.3) is 0 Å². The molecule has 5 heteroatoms. The molecule has 72 valence electrons. The molecule has 0 aromatic heterocycles. The van der Waals surface area contributed by atoms with Gasteiger partial charge in [-0.15, -0.1) is 0 Å². The summed E-state index contributed by atoms with van der Waals surface area (Å²) in [5.41, 5.74) is 9.38. The molecular formula is C9H8BrN3O. The number of rotatable bonds is 1. The first kappa shape index (κ1) is 9.37. The average Bonchev–Trinajstić information content (AvgIpc) is 2.19. The minimum absolute atomic E-state index is 0.0961. The van der Waals surface area contributed by atoms with Crippen molar-refractivity contribution >= 4 is 15.9 Å². The molecule has 2 rings (SSSR count). The summed E-state index contributed by atoms with van der Waals surface area (Å²) < 4.78 is 6.42. The Kier molecular flexibility index (Phi) is 2.61. The Morgan fingerprint density at radius 1 is 1.57 bits per heavy atom. The second kappa shape index (κ2) is 3.90. The minimum atomic E-state index is -0.0961. The fourth-order valence-corrected chi connectivity index (χ4v) is 1.91. The van der Waals surface area contributed by atoms with Crippen LogP contribution >= 0.6 is 15.9 Å². The molecule has 1 aliphatic heterocycles. The number of halogens is 1. The Morgan fingerprint density at radius 2 is 2.43 bits per heavy atom. The van der Waals surface area contributed by atoms with Gasteiger partial charge >= 0.3 is 0 Å².